The van der Waals surface area contributed by atoms with Gasteiger partial charge in [-0.05, 0) is 77.5 Å². The molecule has 0 fully saturated rings. The molecule has 0 aromatic heterocycles. The van der Waals surface area contributed by atoms with Crippen LogP contribution < -0.4 is 0 Å². The van der Waals surface area contributed by atoms with Crippen molar-refractivity contribution in [3.8, 4) is 22.3 Å². The maximum atomic E-state index is 8.94. The van der Waals surface area contributed by atoms with Gasteiger partial charge in [0.05, 0.1) is 0 Å². The lowest BCUT2D eigenvalue weighted by Gasteiger charge is -2.12. The van der Waals surface area contributed by atoms with E-state index in [-0.39, 0.29) is 0 Å². The average Bonchev–Trinajstić information content (AvgIpc) is 2.81. The number of benzene rings is 3. The number of aliphatic hydroxyl groups excluding tert-OH is 1. The largest absolute Gasteiger partial charge is 0.396 e. The maximum absolute atomic E-state index is 8.94. The Morgan fingerprint density at radius 2 is 1.20 bits per heavy atom. The molecule has 0 bridgehead atoms. The molecule has 0 atom stereocenters. The van der Waals surface area contributed by atoms with Gasteiger partial charge >= 0.3 is 0 Å². The molecular formula is C29H36O. The van der Waals surface area contributed by atoms with Gasteiger partial charge < -0.3 is 5.11 Å². The molecule has 3 aromatic rings. The van der Waals surface area contributed by atoms with E-state index in [0.717, 1.165) is 32.1 Å². The molecule has 1 heteroatoms. The number of aryl methyl sites for hydroxylation is 3. The topological polar surface area (TPSA) is 20.2 Å². The summed E-state index contributed by atoms with van der Waals surface area (Å²) in [7, 11) is 0. The number of aliphatic hydroxyl groups is 1. The van der Waals surface area contributed by atoms with Crippen molar-refractivity contribution in [3.63, 3.8) is 0 Å². The third kappa shape index (κ3) is 6.06. The highest BCUT2D eigenvalue weighted by molar-refractivity contribution is 5.72. The first-order valence-electron chi connectivity index (χ1n) is 11.7. The van der Waals surface area contributed by atoms with E-state index in [1.54, 1.807) is 0 Å². The maximum Gasteiger partial charge on any atom is 0.0431 e. The molecule has 0 heterocycles. The molecule has 3 rings (SSSR count). The van der Waals surface area contributed by atoms with Crippen molar-refractivity contribution >= 4 is 0 Å². The van der Waals surface area contributed by atoms with Crippen LogP contribution in [0.3, 0.4) is 0 Å². The van der Waals surface area contributed by atoms with Gasteiger partial charge in [-0.25, -0.2) is 0 Å². The number of rotatable bonds is 11. The zero-order chi connectivity index (χ0) is 21.2. The van der Waals surface area contributed by atoms with E-state index >= 15 is 0 Å². The summed E-state index contributed by atoms with van der Waals surface area (Å²) in [6.07, 6.45) is 8.97. The van der Waals surface area contributed by atoms with Gasteiger partial charge in [-0.2, -0.15) is 0 Å². The average molecular weight is 401 g/mol. The lowest BCUT2D eigenvalue weighted by molar-refractivity contribution is 0.283. The van der Waals surface area contributed by atoms with E-state index in [0.29, 0.717) is 6.61 Å². The van der Waals surface area contributed by atoms with Crippen molar-refractivity contribution in [1.29, 1.82) is 0 Å². The number of unbranched alkanes of at least 4 members (excludes halogenated alkanes) is 3. The van der Waals surface area contributed by atoms with Gasteiger partial charge in [-0.15, -0.1) is 0 Å². The van der Waals surface area contributed by atoms with E-state index in [1.807, 2.05) is 0 Å². The standard InChI is InChI=1S/C29H36O/c1-3-5-9-23-11-14-26(15-12-23)27-16-18-28(19-17-27)29-20-13-24(22-25(29)4-2)10-7-6-8-21-30/h11-20,22,30H,3-10,21H2,1-2H3. The minimum Gasteiger partial charge on any atom is -0.396 e. The summed E-state index contributed by atoms with van der Waals surface area (Å²) in [6.45, 7) is 4.79. The Balaban J connectivity index is 1.72. The normalized spacial score (nSPS) is 11.0. The van der Waals surface area contributed by atoms with Gasteiger partial charge in [-0.1, -0.05) is 93.4 Å². The van der Waals surface area contributed by atoms with Crippen molar-refractivity contribution in [3.05, 3.63) is 83.4 Å². The second-order valence-corrected chi connectivity index (χ2v) is 8.26. The van der Waals surface area contributed by atoms with Gasteiger partial charge in [0.2, 0.25) is 0 Å². The Hall–Kier alpha value is -2.38. The zero-order valence-electron chi connectivity index (χ0n) is 18.7. The van der Waals surface area contributed by atoms with Crippen LogP contribution in [-0.4, -0.2) is 11.7 Å². The zero-order valence-corrected chi connectivity index (χ0v) is 18.7. The molecule has 0 saturated carbocycles. The third-order valence-corrected chi connectivity index (χ3v) is 5.98. The fourth-order valence-electron chi connectivity index (χ4n) is 4.08. The molecule has 0 radical (unpaired) electrons. The molecule has 0 amide bonds. The Bertz CT molecular complexity index is 891. The first-order valence-corrected chi connectivity index (χ1v) is 11.7. The molecule has 0 aliphatic carbocycles. The van der Waals surface area contributed by atoms with Gasteiger partial charge in [-0.3, -0.25) is 0 Å². The van der Waals surface area contributed by atoms with Gasteiger partial charge in [0.15, 0.2) is 0 Å². The van der Waals surface area contributed by atoms with Crippen LogP contribution in [-0.2, 0) is 19.3 Å². The van der Waals surface area contributed by atoms with Crippen LogP contribution in [0.5, 0.6) is 0 Å². The SMILES string of the molecule is CCCCc1ccc(-c2ccc(-c3ccc(CCCCCO)cc3CC)cc2)cc1. The Morgan fingerprint density at radius 1 is 0.600 bits per heavy atom. The molecule has 0 spiro atoms. The molecule has 3 aromatic carbocycles. The van der Waals surface area contributed by atoms with E-state index in [9.17, 15) is 0 Å². The molecule has 1 nitrogen and oxygen atoms in total. The summed E-state index contributed by atoms with van der Waals surface area (Å²) in [5.74, 6) is 0. The predicted octanol–water partition coefficient (Wildman–Crippen LogP) is 7.63. The van der Waals surface area contributed by atoms with Crippen LogP contribution in [0, 0.1) is 0 Å². The van der Waals surface area contributed by atoms with Crippen LogP contribution in [0.15, 0.2) is 66.7 Å². The lowest BCUT2D eigenvalue weighted by Crippen LogP contribution is -1.93. The van der Waals surface area contributed by atoms with Crippen LogP contribution in [0.4, 0.5) is 0 Å². The molecule has 0 unspecified atom stereocenters. The van der Waals surface area contributed by atoms with Crippen molar-refractivity contribution < 1.29 is 5.11 Å². The van der Waals surface area contributed by atoms with Crippen LogP contribution in [0.2, 0.25) is 0 Å². The van der Waals surface area contributed by atoms with Crippen molar-refractivity contribution in [2.75, 3.05) is 6.61 Å². The molecule has 0 aliphatic rings. The summed E-state index contributed by atoms with van der Waals surface area (Å²) in [5, 5.41) is 8.94. The van der Waals surface area contributed by atoms with E-state index in [2.05, 4.69) is 80.6 Å². The summed E-state index contributed by atoms with van der Waals surface area (Å²) in [5.41, 5.74) is 9.47. The van der Waals surface area contributed by atoms with E-state index < -0.39 is 0 Å². The monoisotopic (exact) mass is 400 g/mol. The highest BCUT2D eigenvalue weighted by Gasteiger charge is 2.07. The summed E-state index contributed by atoms with van der Waals surface area (Å²) >= 11 is 0. The Labute approximate surface area is 182 Å². The Morgan fingerprint density at radius 3 is 1.83 bits per heavy atom. The molecular weight excluding hydrogens is 364 g/mol. The van der Waals surface area contributed by atoms with Crippen LogP contribution in [0.1, 0.15) is 62.6 Å². The molecule has 0 aliphatic heterocycles. The number of hydrogen-bond acceptors (Lipinski definition) is 1. The second kappa shape index (κ2) is 11.7. The minimum absolute atomic E-state index is 0.304. The highest BCUT2D eigenvalue weighted by atomic mass is 16.2. The summed E-state index contributed by atoms with van der Waals surface area (Å²) < 4.78 is 0. The molecule has 0 saturated heterocycles. The molecule has 158 valence electrons. The summed E-state index contributed by atoms with van der Waals surface area (Å²) in [4.78, 5) is 0. The quantitative estimate of drug-likeness (QED) is 0.328. The fourth-order valence-corrected chi connectivity index (χ4v) is 4.08. The number of hydrogen-bond donors (Lipinski definition) is 1. The van der Waals surface area contributed by atoms with E-state index in [1.165, 1.54) is 58.2 Å². The van der Waals surface area contributed by atoms with Gasteiger partial charge in [0.1, 0.15) is 0 Å². The van der Waals surface area contributed by atoms with Crippen LogP contribution >= 0.6 is 0 Å². The smallest absolute Gasteiger partial charge is 0.0431 e. The van der Waals surface area contributed by atoms with Crippen molar-refractivity contribution in [1.82, 2.24) is 0 Å². The molecule has 30 heavy (non-hydrogen) atoms. The van der Waals surface area contributed by atoms with Gasteiger partial charge in [0, 0.05) is 6.61 Å². The third-order valence-electron chi connectivity index (χ3n) is 5.98. The lowest BCUT2D eigenvalue weighted by atomic mass is 9.93. The predicted molar refractivity (Wildman–Crippen MR) is 130 cm³/mol. The van der Waals surface area contributed by atoms with Crippen LogP contribution in [0.25, 0.3) is 22.3 Å². The van der Waals surface area contributed by atoms with Gasteiger partial charge in [0.25, 0.3) is 0 Å². The first kappa shape index (κ1) is 22.3. The summed E-state index contributed by atoms with van der Waals surface area (Å²) in [6, 6.07) is 25.0. The fraction of sp³-hybridized carbons (Fsp3) is 0.379. The first-order chi connectivity index (χ1) is 14.7. The highest BCUT2D eigenvalue weighted by Crippen LogP contribution is 2.29. The Kier molecular flexibility index (Phi) is 8.71. The van der Waals surface area contributed by atoms with E-state index in [4.69, 9.17) is 5.11 Å². The second-order valence-electron chi connectivity index (χ2n) is 8.26. The minimum atomic E-state index is 0.304. The van der Waals surface area contributed by atoms with Crippen molar-refractivity contribution in [2.24, 2.45) is 0 Å². The molecule has 1 N–H and O–H groups in total. The van der Waals surface area contributed by atoms with Crippen molar-refractivity contribution in [2.45, 2.75) is 65.2 Å².